The van der Waals surface area contributed by atoms with Crippen LogP contribution in [0.1, 0.15) is 51.7 Å². The van der Waals surface area contributed by atoms with Gasteiger partial charge in [0.25, 0.3) is 5.91 Å². The van der Waals surface area contributed by atoms with Crippen LogP contribution in [0.25, 0.3) is 0 Å². The molecule has 2 aliphatic rings. The molecule has 176 valence electrons. The summed E-state index contributed by atoms with van der Waals surface area (Å²) in [4.78, 5) is 33.7. The predicted octanol–water partition coefficient (Wildman–Crippen LogP) is 4.86. The van der Waals surface area contributed by atoms with E-state index < -0.39 is 0 Å². The van der Waals surface area contributed by atoms with Crippen LogP contribution in [-0.2, 0) is 17.8 Å². The molecule has 0 bridgehead atoms. The highest BCUT2D eigenvalue weighted by molar-refractivity contribution is 7.16. The van der Waals surface area contributed by atoms with Crippen LogP contribution in [0, 0.1) is 0 Å². The van der Waals surface area contributed by atoms with E-state index in [1.165, 1.54) is 16.9 Å². The van der Waals surface area contributed by atoms with Crippen molar-refractivity contribution in [2.75, 3.05) is 18.4 Å². The van der Waals surface area contributed by atoms with E-state index in [0.29, 0.717) is 15.7 Å². The lowest BCUT2D eigenvalue weighted by molar-refractivity contribution is -0.123. The number of fused-ring (bicyclic) bond motifs is 1. The maximum absolute atomic E-state index is 13.1. The van der Waals surface area contributed by atoms with Gasteiger partial charge in [-0.1, -0.05) is 41.9 Å². The first kappa shape index (κ1) is 23.0. The van der Waals surface area contributed by atoms with Crippen molar-refractivity contribution in [3.8, 4) is 0 Å². The maximum Gasteiger partial charge on any atom is 0.257 e. The summed E-state index contributed by atoms with van der Waals surface area (Å²) < 4.78 is 0. The zero-order valence-electron chi connectivity index (χ0n) is 18.8. The molecule has 6 nitrogen and oxygen atoms in total. The molecule has 5 rings (SSSR count). The molecular weight excluding hydrogens is 468 g/mol. The molecule has 0 saturated carbocycles. The van der Waals surface area contributed by atoms with Crippen molar-refractivity contribution < 1.29 is 9.59 Å². The molecule has 1 fully saturated rings. The standard InChI is InChI=1S/C26H27ClN4O2S/c27-19-8-6-18(7-9-19)24(32)30-26-29-23-21(10-11-22(23)34-26)25(33)28-20-12-14-31(15-13-20)16-17-4-2-1-3-5-17/h1-9,20-21H,10-16H2,(H,28,33)(H,29,30,32). The lowest BCUT2D eigenvalue weighted by atomic mass is 10.0. The lowest BCUT2D eigenvalue weighted by Gasteiger charge is -2.32. The van der Waals surface area contributed by atoms with Gasteiger partial charge in [-0.15, -0.1) is 11.3 Å². The van der Waals surface area contributed by atoms with Crippen molar-refractivity contribution in [2.45, 2.75) is 44.2 Å². The Labute approximate surface area is 208 Å². The predicted molar refractivity (Wildman–Crippen MR) is 135 cm³/mol. The number of amides is 2. The number of nitrogens with zero attached hydrogens (tertiary/aromatic N) is 2. The second kappa shape index (κ2) is 10.3. The summed E-state index contributed by atoms with van der Waals surface area (Å²) >= 11 is 7.36. The van der Waals surface area contributed by atoms with Crippen molar-refractivity contribution in [3.63, 3.8) is 0 Å². The van der Waals surface area contributed by atoms with Gasteiger partial charge < -0.3 is 5.32 Å². The van der Waals surface area contributed by atoms with Gasteiger partial charge in [0.15, 0.2) is 5.13 Å². The quantitative estimate of drug-likeness (QED) is 0.513. The van der Waals surface area contributed by atoms with Crippen LogP contribution in [0.15, 0.2) is 54.6 Å². The van der Waals surface area contributed by atoms with Gasteiger partial charge in [0.2, 0.25) is 5.91 Å². The zero-order valence-corrected chi connectivity index (χ0v) is 20.4. The topological polar surface area (TPSA) is 74.3 Å². The molecule has 0 radical (unpaired) electrons. The monoisotopic (exact) mass is 494 g/mol. The molecule has 8 heteroatoms. The van der Waals surface area contributed by atoms with E-state index in [9.17, 15) is 9.59 Å². The molecule has 1 aromatic heterocycles. The SMILES string of the molecule is O=C(Nc1nc2c(s1)CCC2C(=O)NC1CCN(Cc2ccccc2)CC1)c1ccc(Cl)cc1. The number of likely N-dealkylation sites (tertiary alicyclic amines) is 1. The van der Waals surface area contributed by atoms with Crippen LogP contribution in [0.4, 0.5) is 5.13 Å². The molecule has 2 aromatic carbocycles. The summed E-state index contributed by atoms with van der Waals surface area (Å²) in [5.41, 5.74) is 2.66. The molecule has 34 heavy (non-hydrogen) atoms. The number of carbonyl (C=O) groups is 2. The third kappa shape index (κ3) is 5.32. The number of anilines is 1. The Morgan fingerprint density at radius 3 is 2.50 bits per heavy atom. The van der Waals surface area contributed by atoms with E-state index in [2.05, 4.69) is 44.8 Å². The van der Waals surface area contributed by atoms with E-state index in [-0.39, 0.29) is 23.8 Å². The van der Waals surface area contributed by atoms with Crippen LogP contribution in [0.5, 0.6) is 0 Å². The van der Waals surface area contributed by atoms with Gasteiger partial charge in [-0.05, 0) is 55.5 Å². The minimum atomic E-state index is -0.241. The molecule has 0 spiro atoms. The summed E-state index contributed by atoms with van der Waals surface area (Å²) in [6.07, 6.45) is 3.50. The highest BCUT2D eigenvalue weighted by atomic mass is 35.5. The summed E-state index contributed by atoms with van der Waals surface area (Å²) in [5, 5.41) is 7.25. The third-order valence-electron chi connectivity index (χ3n) is 6.54. The molecule has 1 aliphatic carbocycles. The fourth-order valence-corrected chi connectivity index (χ4v) is 5.84. The summed E-state index contributed by atoms with van der Waals surface area (Å²) in [6, 6.07) is 17.4. The minimum Gasteiger partial charge on any atom is -0.353 e. The number of aromatic nitrogens is 1. The number of rotatable bonds is 6. The van der Waals surface area contributed by atoms with E-state index in [1.807, 2.05) is 6.07 Å². The molecular formula is C26H27ClN4O2S. The van der Waals surface area contributed by atoms with Crippen molar-refractivity contribution in [1.29, 1.82) is 0 Å². The first-order valence-corrected chi connectivity index (χ1v) is 12.9. The van der Waals surface area contributed by atoms with Crippen molar-refractivity contribution >= 4 is 39.9 Å². The Balaban J connectivity index is 1.14. The number of halogens is 1. The molecule has 1 unspecified atom stereocenters. The van der Waals surface area contributed by atoms with Crippen LogP contribution in [0.3, 0.4) is 0 Å². The third-order valence-corrected chi connectivity index (χ3v) is 7.84. The average Bonchev–Trinajstić information content (AvgIpc) is 3.41. The van der Waals surface area contributed by atoms with Crippen LogP contribution < -0.4 is 10.6 Å². The fourth-order valence-electron chi connectivity index (χ4n) is 4.69. The number of piperidine rings is 1. The lowest BCUT2D eigenvalue weighted by Crippen LogP contribution is -2.45. The molecule has 1 aliphatic heterocycles. The van der Waals surface area contributed by atoms with Crippen molar-refractivity contribution in [1.82, 2.24) is 15.2 Å². The minimum absolute atomic E-state index is 0.0566. The molecule has 1 atom stereocenters. The van der Waals surface area contributed by atoms with Crippen LogP contribution in [0.2, 0.25) is 5.02 Å². The Kier molecular flexibility index (Phi) is 6.94. The van der Waals surface area contributed by atoms with Gasteiger partial charge in [-0.25, -0.2) is 4.98 Å². The van der Waals surface area contributed by atoms with Gasteiger partial charge in [0, 0.05) is 41.1 Å². The number of carbonyl (C=O) groups excluding carboxylic acids is 2. The summed E-state index contributed by atoms with van der Waals surface area (Å²) in [7, 11) is 0. The largest absolute Gasteiger partial charge is 0.353 e. The molecule has 2 heterocycles. The maximum atomic E-state index is 13.1. The number of hydrogen-bond donors (Lipinski definition) is 2. The smallest absolute Gasteiger partial charge is 0.257 e. The molecule has 1 saturated heterocycles. The number of thiazole rings is 1. The van der Waals surface area contributed by atoms with E-state index in [4.69, 9.17) is 11.6 Å². The Bertz CT molecular complexity index is 1160. The Morgan fingerprint density at radius 1 is 1.03 bits per heavy atom. The van der Waals surface area contributed by atoms with E-state index in [1.54, 1.807) is 24.3 Å². The number of benzene rings is 2. The second-order valence-electron chi connectivity index (χ2n) is 8.92. The number of nitrogens with one attached hydrogen (secondary N) is 2. The van der Waals surface area contributed by atoms with Crippen LogP contribution in [-0.4, -0.2) is 40.8 Å². The summed E-state index contributed by atoms with van der Waals surface area (Å²) in [5.74, 6) is -0.414. The Morgan fingerprint density at radius 2 is 1.76 bits per heavy atom. The van der Waals surface area contributed by atoms with Gasteiger partial charge >= 0.3 is 0 Å². The normalized spacial score (nSPS) is 18.4. The zero-order chi connectivity index (χ0) is 23.5. The van der Waals surface area contributed by atoms with Crippen molar-refractivity contribution in [3.05, 3.63) is 81.3 Å². The van der Waals surface area contributed by atoms with Crippen molar-refractivity contribution in [2.24, 2.45) is 0 Å². The second-order valence-corrected chi connectivity index (χ2v) is 10.4. The Hall–Kier alpha value is -2.74. The first-order chi connectivity index (χ1) is 16.5. The first-order valence-electron chi connectivity index (χ1n) is 11.7. The van der Waals surface area contributed by atoms with Gasteiger partial charge in [-0.3, -0.25) is 19.8 Å². The highest BCUT2D eigenvalue weighted by Crippen LogP contribution is 2.38. The van der Waals surface area contributed by atoms with Gasteiger partial charge in [0.05, 0.1) is 11.6 Å². The molecule has 2 N–H and O–H groups in total. The molecule has 2 amide bonds. The fraction of sp³-hybridized carbons (Fsp3) is 0.346. The molecule has 3 aromatic rings. The summed E-state index contributed by atoms with van der Waals surface area (Å²) in [6.45, 7) is 2.91. The van der Waals surface area contributed by atoms with E-state index in [0.717, 1.165) is 55.9 Å². The highest BCUT2D eigenvalue weighted by Gasteiger charge is 2.34. The average molecular weight is 495 g/mol. The number of hydrogen-bond acceptors (Lipinski definition) is 5. The van der Waals surface area contributed by atoms with Gasteiger partial charge in [0.1, 0.15) is 0 Å². The number of aryl methyl sites for hydroxylation is 1. The van der Waals surface area contributed by atoms with Crippen LogP contribution >= 0.6 is 22.9 Å². The van der Waals surface area contributed by atoms with E-state index >= 15 is 0 Å². The van der Waals surface area contributed by atoms with Gasteiger partial charge in [-0.2, -0.15) is 0 Å².